The molecule has 20 heavy (non-hydrogen) atoms. The fraction of sp³-hybridized carbons (Fsp3) is 0.0667. The van der Waals surface area contributed by atoms with Crippen LogP contribution < -0.4 is 10.7 Å². The monoisotopic (exact) mass is 287 g/mol. The summed E-state index contributed by atoms with van der Waals surface area (Å²) in [6.07, 6.45) is 1.51. The number of hydrazone groups is 1. The van der Waals surface area contributed by atoms with Gasteiger partial charge in [0.15, 0.2) is 5.11 Å². The van der Waals surface area contributed by atoms with Gasteiger partial charge in [0.05, 0.1) is 6.21 Å². The minimum absolute atomic E-state index is 0.297. The van der Waals surface area contributed by atoms with Crippen molar-refractivity contribution in [1.82, 2.24) is 5.43 Å². The molecule has 0 spiro atoms. The van der Waals surface area contributed by atoms with Gasteiger partial charge in [-0.25, -0.2) is 4.39 Å². The van der Waals surface area contributed by atoms with Gasteiger partial charge in [-0.15, -0.1) is 0 Å². The normalized spacial score (nSPS) is 10.5. The molecule has 0 radical (unpaired) electrons. The molecule has 0 bridgehead atoms. The lowest BCUT2D eigenvalue weighted by Gasteiger charge is -2.09. The molecule has 2 aromatic rings. The van der Waals surface area contributed by atoms with Crippen LogP contribution in [0.5, 0.6) is 0 Å². The Bertz CT molecular complexity index is 641. The topological polar surface area (TPSA) is 36.4 Å². The molecule has 0 aliphatic rings. The number of halogens is 1. The predicted molar refractivity (Wildman–Crippen MR) is 84.5 cm³/mol. The van der Waals surface area contributed by atoms with E-state index in [0.29, 0.717) is 10.7 Å². The molecule has 0 atom stereocenters. The third-order valence-corrected chi connectivity index (χ3v) is 2.82. The predicted octanol–water partition coefficient (Wildman–Crippen LogP) is 3.45. The van der Waals surface area contributed by atoms with Crippen molar-refractivity contribution in [1.29, 1.82) is 0 Å². The van der Waals surface area contributed by atoms with Gasteiger partial charge in [-0.3, -0.25) is 5.43 Å². The van der Waals surface area contributed by atoms with Gasteiger partial charge in [-0.1, -0.05) is 30.3 Å². The smallest absolute Gasteiger partial charge is 0.191 e. The Balaban J connectivity index is 1.91. The highest BCUT2D eigenvalue weighted by Gasteiger charge is 1.98. The average Bonchev–Trinajstić information content (AvgIpc) is 2.41. The third kappa shape index (κ3) is 4.13. The highest BCUT2D eigenvalue weighted by molar-refractivity contribution is 7.80. The summed E-state index contributed by atoms with van der Waals surface area (Å²) in [5.74, 6) is -0.297. The zero-order valence-electron chi connectivity index (χ0n) is 10.9. The van der Waals surface area contributed by atoms with Gasteiger partial charge in [0.25, 0.3) is 0 Å². The van der Waals surface area contributed by atoms with Crippen molar-refractivity contribution in [3.8, 4) is 0 Å². The summed E-state index contributed by atoms with van der Waals surface area (Å²) in [4.78, 5) is 0. The zero-order valence-corrected chi connectivity index (χ0v) is 11.7. The van der Waals surface area contributed by atoms with E-state index in [1.807, 2.05) is 31.2 Å². The number of nitrogens with one attached hydrogen (secondary N) is 2. The Morgan fingerprint density at radius 3 is 2.75 bits per heavy atom. The number of para-hydroxylation sites is 1. The van der Waals surface area contributed by atoms with Crippen LogP contribution in [0.15, 0.2) is 53.6 Å². The van der Waals surface area contributed by atoms with Crippen molar-refractivity contribution in [2.75, 3.05) is 5.32 Å². The molecule has 2 rings (SSSR count). The fourth-order valence-electron chi connectivity index (χ4n) is 1.62. The van der Waals surface area contributed by atoms with Crippen LogP contribution in [0.2, 0.25) is 0 Å². The van der Waals surface area contributed by atoms with Crippen molar-refractivity contribution >= 4 is 29.2 Å². The SMILES string of the molecule is Cc1ccccc1NC(=S)N/N=C\c1cccc(F)c1. The molecule has 0 fully saturated rings. The second-order valence-electron chi connectivity index (χ2n) is 4.19. The number of aryl methyl sites for hydroxylation is 1. The molecule has 2 aromatic carbocycles. The Hall–Kier alpha value is -2.27. The molecule has 0 saturated heterocycles. The molecule has 0 unspecified atom stereocenters. The Morgan fingerprint density at radius 2 is 2.00 bits per heavy atom. The van der Waals surface area contributed by atoms with Crippen molar-refractivity contribution < 1.29 is 4.39 Å². The molecule has 0 aliphatic heterocycles. The summed E-state index contributed by atoms with van der Waals surface area (Å²) >= 11 is 5.13. The van der Waals surface area contributed by atoms with Crippen LogP contribution in [-0.4, -0.2) is 11.3 Å². The van der Waals surface area contributed by atoms with Gasteiger partial charge in [0.1, 0.15) is 5.82 Å². The van der Waals surface area contributed by atoms with Crippen molar-refractivity contribution in [2.24, 2.45) is 5.10 Å². The first kappa shape index (κ1) is 14.1. The van der Waals surface area contributed by atoms with Gasteiger partial charge >= 0.3 is 0 Å². The number of hydrogen-bond acceptors (Lipinski definition) is 2. The Morgan fingerprint density at radius 1 is 1.20 bits per heavy atom. The number of benzene rings is 2. The summed E-state index contributed by atoms with van der Waals surface area (Å²) in [7, 11) is 0. The van der Waals surface area contributed by atoms with Crippen molar-refractivity contribution in [3.05, 3.63) is 65.5 Å². The molecule has 102 valence electrons. The summed E-state index contributed by atoms with van der Waals surface area (Å²) in [5.41, 5.74) is 5.37. The lowest BCUT2D eigenvalue weighted by molar-refractivity contribution is 0.627. The van der Waals surface area contributed by atoms with E-state index in [4.69, 9.17) is 12.2 Å². The molecule has 0 amide bonds. The summed E-state index contributed by atoms with van der Waals surface area (Å²) < 4.78 is 13.0. The van der Waals surface area contributed by atoms with Gasteiger partial charge < -0.3 is 5.32 Å². The molecule has 5 heteroatoms. The number of rotatable bonds is 3. The van der Waals surface area contributed by atoms with Crippen LogP contribution in [0.25, 0.3) is 0 Å². The molecule has 0 aliphatic carbocycles. The molecule has 2 N–H and O–H groups in total. The molecule has 0 heterocycles. The second kappa shape index (κ2) is 6.77. The highest BCUT2D eigenvalue weighted by atomic mass is 32.1. The average molecular weight is 287 g/mol. The lowest BCUT2D eigenvalue weighted by atomic mass is 10.2. The van der Waals surface area contributed by atoms with Gasteiger partial charge in [0, 0.05) is 5.69 Å². The van der Waals surface area contributed by atoms with E-state index in [1.54, 1.807) is 12.1 Å². The van der Waals surface area contributed by atoms with Crippen LogP contribution >= 0.6 is 12.2 Å². The minimum atomic E-state index is -0.297. The van der Waals surface area contributed by atoms with E-state index >= 15 is 0 Å². The summed E-state index contributed by atoms with van der Waals surface area (Å²) in [5, 5.41) is 7.38. The number of nitrogens with zero attached hydrogens (tertiary/aromatic N) is 1. The van der Waals surface area contributed by atoms with Crippen LogP contribution in [-0.2, 0) is 0 Å². The van der Waals surface area contributed by atoms with E-state index in [-0.39, 0.29) is 5.82 Å². The number of anilines is 1. The third-order valence-electron chi connectivity index (χ3n) is 2.62. The fourth-order valence-corrected chi connectivity index (χ4v) is 1.78. The minimum Gasteiger partial charge on any atom is -0.331 e. The second-order valence-corrected chi connectivity index (χ2v) is 4.60. The quantitative estimate of drug-likeness (QED) is 0.516. The van der Waals surface area contributed by atoms with Gasteiger partial charge in [-0.05, 0) is 48.5 Å². The van der Waals surface area contributed by atoms with Crippen LogP contribution in [0, 0.1) is 12.7 Å². The zero-order chi connectivity index (χ0) is 14.4. The van der Waals surface area contributed by atoms with E-state index in [0.717, 1.165) is 11.3 Å². The number of hydrogen-bond donors (Lipinski definition) is 2. The lowest BCUT2D eigenvalue weighted by Crippen LogP contribution is -2.24. The van der Waals surface area contributed by atoms with Gasteiger partial charge in [-0.2, -0.15) is 5.10 Å². The van der Waals surface area contributed by atoms with E-state index in [2.05, 4.69) is 15.8 Å². The van der Waals surface area contributed by atoms with E-state index in [1.165, 1.54) is 18.3 Å². The van der Waals surface area contributed by atoms with Gasteiger partial charge in [0.2, 0.25) is 0 Å². The molecular formula is C15H14FN3S. The summed E-state index contributed by atoms with van der Waals surface area (Å²) in [6, 6.07) is 14.0. The van der Waals surface area contributed by atoms with Crippen LogP contribution in [0.1, 0.15) is 11.1 Å². The maximum atomic E-state index is 13.0. The van der Waals surface area contributed by atoms with E-state index in [9.17, 15) is 4.39 Å². The van der Waals surface area contributed by atoms with Crippen molar-refractivity contribution in [3.63, 3.8) is 0 Å². The highest BCUT2D eigenvalue weighted by Crippen LogP contribution is 2.12. The molecule has 0 aromatic heterocycles. The maximum Gasteiger partial charge on any atom is 0.191 e. The summed E-state index contributed by atoms with van der Waals surface area (Å²) in [6.45, 7) is 1.99. The van der Waals surface area contributed by atoms with Crippen molar-refractivity contribution in [2.45, 2.75) is 6.92 Å². The maximum absolute atomic E-state index is 13.0. The van der Waals surface area contributed by atoms with Crippen LogP contribution in [0.3, 0.4) is 0 Å². The Kier molecular flexibility index (Phi) is 4.79. The largest absolute Gasteiger partial charge is 0.331 e. The first-order valence-electron chi connectivity index (χ1n) is 6.06. The van der Waals surface area contributed by atoms with E-state index < -0.39 is 0 Å². The first-order chi connectivity index (χ1) is 9.65. The molecule has 3 nitrogen and oxygen atoms in total. The Labute approximate surface area is 122 Å². The number of thiocarbonyl (C=S) groups is 1. The molecular weight excluding hydrogens is 273 g/mol. The standard InChI is InChI=1S/C15H14FN3S/c1-11-5-2-3-8-14(11)18-15(20)19-17-10-12-6-4-7-13(16)9-12/h2-10H,1H3,(H2,18,19,20)/b17-10-. The van der Waals surface area contributed by atoms with Crippen LogP contribution in [0.4, 0.5) is 10.1 Å². The first-order valence-corrected chi connectivity index (χ1v) is 6.47. The molecule has 0 saturated carbocycles.